The third-order valence-electron chi connectivity index (χ3n) is 4.19. The molecule has 18 heavy (non-hydrogen) atoms. The molecule has 2 atom stereocenters. The molecule has 0 spiro atoms. The molecule has 2 aliphatic rings. The number of piperidine rings is 1. The van der Waals surface area contributed by atoms with Gasteiger partial charge >= 0.3 is 0 Å². The zero-order valence-corrected chi connectivity index (χ0v) is 10.8. The van der Waals surface area contributed by atoms with E-state index in [1.165, 1.54) is 19.3 Å². The molecule has 100 valence electrons. The maximum absolute atomic E-state index is 9.49. The fraction of sp³-hybridized carbons (Fsp3) is 0.846. The Morgan fingerprint density at radius 2 is 2.17 bits per heavy atom. The van der Waals surface area contributed by atoms with E-state index in [1.807, 2.05) is 0 Å². The van der Waals surface area contributed by atoms with Crippen LogP contribution in [0.2, 0.25) is 0 Å². The molecule has 2 unspecified atom stereocenters. The molecule has 1 fully saturated rings. The fourth-order valence-electron chi connectivity index (χ4n) is 3.21. The Labute approximate surface area is 108 Å². The third-order valence-corrected chi connectivity index (χ3v) is 4.19. The highest BCUT2D eigenvalue weighted by atomic mass is 16.3. The predicted octanol–water partition coefficient (Wildman–Crippen LogP) is 0.832. The zero-order valence-electron chi connectivity index (χ0n) is 10.8. The number of rotatable bonds is 3. The van der Waals surface area contributed by atoms with E-state index in [-0.39, 0.29) is 12.6 Å². The number of aliphatic hydroxyl groups is 1. The number of aromatic nitrogens is 3. The second-order valence-corrected chi connectivity index (χ2v) is 5.48. The Hall–Kier alpha value is -0.940. The van der Waals surface area contributed by atoms with Gasteiger partial charge in [-0.25, -0.2) is 0 Å². The van der Waals surface area contributed by atoms with Crippen LogP contribution in [-0.2, 0) is 12.8 Å². The molecule has 3 rings (SSSR count). The molecular formula is C13H22N4O. The first-order valence-corrected chi connectivity index (χ1v) is 7.15. The van der Waals surface area contributed by atoms with Crippen LogP contribution in [0.15, 0.2) is 0 Å². The minimum atomic E-state index is 0.197. The van der Waals surface area contributed by atoms with E-state index >= 15 is 0 Å². The van der Waals surface area contributed by atoms with Gasteiger partial charge in [0.1, 0.15) is 11.6 Å². The van der Waals surface area contributed by atoms with E-state index in [0.717, 1.165) is 43.9 Å². The lowest BCUT2D eigenvalue weighted by atomic mass is 10.0. The average Bonchev–Trinajstić information content (AvgIpc) is 2.83. The summed E-state index contributed by atoms with van der Waals surface area (Å²) < 4.78 is 2.19. The predicted molar refractivity (Wildman–Crippen MR) is 68.4 cm³/mol. The van der Waals surface area contributed by atoms with Crippen LogP contribution in [0.3, 0.4) is 0 Å². The van der Waals surface area contributed by atoms with Gasteiger partial charge in [-0.2, -0.15) is 0 Å². The Kier molecular flexibility index (Phi) is 3.61. The number of nitrogens with zero attached hydrogens (tertiary/aromatic N) is 3. The summed E-state index contributed by atoms with van der Waals surface area (Å²) in [5, 5.41) is 21.7. The number of fused-ring (bicyclic) bond motifs is 1. The summed E-state index contributed by atoms with van der Waals surface area (Å²) in [5.74, 6) is 2.12. The van der Waals surface area contributed by atoms with Crippen molar-refractivity contribution >= 4 is 0 Å². The van der Waals surface area contributed by atoms with Crippen molar-refractivity contribution in [2.75, 3.05) is 13.2 Å². The van der Waals surface area contributed by atoms with Crippen molar-refractivity contribution in [1.82, 2.24) is 20.1 Å². The molecule has 0 bridgehead atoms. The van der Waals surface area contributed by atoms with Crippen LogP contribution in [-0.4, -0.2) is 39.1 Å². The maximum atomic E-state index is 9.49. The summed E-state index contributed by atoms with van der Waals surface area (Å²) in [7, 11) is 0. The summed E-state index contributed by atoms with van der Waals surface area (Å²) in [5.41, 5.74) is 0. The Bertz CT molecular complexity index is 398. The largest absolute Gasteiger partial charge is 0.394 e. The molecule has 1 saturated heterocycles. The Morgan fingerprint density at radius 1 is 1.22 bits per heavy atom. The standard InChI is InChI=1S/C13H22N4O/c18-9-11-5-3-6-12-15-16-13(17(11)12)8-10-4-1-2-7-14-10/h10-11,14,18H,1-9H2. The van der Waals surface area contributed by atoms with E-state index < -0.39 is 0 Å². The molecule has 0 saturated carbocycles. The van der Waals surface area contributed by atoms with Crippen LogP contribution in [0.25, 0.3) is 0 Å². The van der Waals surface area contributed by atoms with Crippen molar-refractivity contribution in [3.8, 4) is 0 Å². The molecule has 1 aromatic rings. The first-order chi connectivity index (χ1) is 8.88. The number of nitrogens with one attached hydrogen (secondary N) is 1. The number of aryl methyl sites for hydroxylation is 1. The summed E-state index contributed by atoms with van der Waals surface area (Å²) in [4.78, 5) is 0. The van der Waals surface area contributed by atoms with Gasteiger partial charge in [0.15, 0.2) is 0 Å². The monoisotopic (exact) mass is 250 g/mol. The van der Waals surface area contributed by atoms with E-state index in [0.29, 0.717) is 6.04 Å². The summed E-state index contributed by atoms with van der Waals surface area (Å²) in [6, 6.07) is 0.732. The zero-order chi connectivity index (χ0) is 12.4. The second-order valence-electron chi connectivity index (χ2n) is 5.48. The highest BCUT2D eigenvalue weighted by Crippen LogP contribution is 2.25. The van der Waals surface area contributed by atoms with Gasteiger partial charge in [-0.15, -0.1) is 10.2 Å². The molecule has 5 heteroatoms. The molecule has 0 aliphatic carbocycles. The number of aliphatic hydroxyl groups excluding tert-OH is 1. The minimum absolute atomic E-state index is 0.197. The van der Waals surface area contributed by atoms with E-state index in [4.69, 9.17) is 0 Å². The number of hydrogen-bond acceptors (Lipinski definition) is 4. The molecule has 2 aliphatic heterocycles. The SMILES string of the molecule is OCC1CCCc2nnc(CC3CCCCN3)n21. The van der Waals surface area contributed by atoms with Gasteiger partial charge in [0.05, 0.1) is 12.6 Å². The van der Waals surface area contributed by atoms with Gasteiger partial charge in [-0.05, 0) is 32.2 Å². The van der Waals surface area contributed by atoms with Gasteiger partial charge in [0.25, 0.3) is 0 Å². The van der Waals surface area contributed by atoms with Gasteiger partial charge < -0.3 is 15.0 Å². The lowest BCUT2D eigenvalue weighted by Gasteiger charge is -2.27. The smallest absolute Gasteiger partial charge is 0.134 e. The third kappa shape index (κ3) is 2.29. The van der Waals surface area contributed by atoms with Crippen molar-refractivity contribution < 1.29 is 5.11 Å². The first-order valence-electron chi connectivity index (χ1n) is 7.15. The molecule has 2 N–H and O–H groups in total. The van der Waals surface area contributed by atoms with Crippen molar-refractivity contribution in [2.45, 2.75) is 57.0 Å². The van der Waals surface area contributed by atoms with Gasteiger partial charge in [0, 0.05) is 18.9 Å². The van der Waals surface area contributed by atoms with Crippen LogP contribution in [0.1, 0.15) is 49.8 Å². The quantitative estimate of drug-likeness (QED) is 0.834. The van der Waals surface area contributed by atoms with Crippen molar-refractivity contribution in [3.05, 3.63) is 11.6 Å². The van der Waals surface area contributed by atoms with Crippen LogP contribution in [0.5, 0.6) is 0 Å². The van der Waals surface area contributed by atoms with Crippen LogP contribution >= 0.6 is 0 Å². The molecule has 0 radical (unpaired) electrons. The minimum Gasteiger partial charge on any atom is -0.394 e. The van der Waals surface area contributed by atoms with Gasteiger partial charge in [-0.3, -0.25) is 0 Å². The van der Waals surface area contributed by atoms with Crippen LogP contribution < -0.4 is 5.32 Å². The summed E-state index contributed by atoms with van der Waals surface area (Å²) in [6.45, 7) is 1.32. The van der Waals surface area contributed by atoms with Crippen LogP contribution in [0.4, 0.5) is 0 Å². The summed E-state index contributed by atoms with van der Waals surface area (Å²) in [6.07, 6.45) is 7.94. The molecule has 3 heterocycles. The summed E-state index contributed by atoms with van der Waals surface area (Å²) >= 11 is 0. The Morgan fingerprint density at radius 3 is 2.94 bits per heavy atom. The molecule has 0 aromatic carbocycles. The second kappa shape index (κ2) is 5.36. The van der Waals surface area contributed by atoms with Crippen molar-refractivity contribution in [3.63, 3.8) is 0 Å². The molecular weight excluding hydrogens is 228 g/mol. The lowest BCUT2D eigenvalue weighted by Crippen LogP contribution is -2.37. The van der Waals surface area contributed by atoms with Crippen molar-refractivity contribution in [1.29, 1.82) is 0 Å². The molecule has 5 nitrogen and oxygen atoms in total. The van der Waals surface area contributed by atoms with E-state index in [9.17, 15) is 5.11 Å². The first kappa shape index (κ1) is 12.1. The highest BCUT2D eigenvalue weighted by molar-refractivity contribution is 5.04. The Balaban J connectivity index is 1.77. The highest BCUT2D eigenvalue weighted by Gasteiger charge is 2.25. The van der Waals surface area contributed by atoms with Crippen LogP contribution in [0, 0.1) is 0 Å². The maximum Gasteiger partial charge on any atom is 0.134 e. The molecule has 0 amide bonds. The fourth-order valence-corrected chi connectivity index (χ4v) is 3.21. The van der Waals surface area contributed by atoms with E-state index in [1.54, 1.807) is 0 Å². The number of hydrogen-bond donors (Lipinski definition) is 2. The van der Waals surface area contributed by atoms with Gasteiger partial charge in [-0.1, -0.05) is 6.42 Å². The van der Waals surface area contributed by atoms with Gasteiger partial charge in [0.2, 0.25) is 0 Å². The average molecular weight is 250 g/mol. The topological polar surface area (TPSA) is 63.0 Å². The normalized spacial score (nSPS) is 28.1. The van der Waals surface area contributed by atoms with E-state index in [2.05, 4.69) is 20.1 Å². The van der Waals surface area contributed by atoms with Crippen molar-refractivity contribution in [2.24, 2.45) is 0 Å². The lowest BCUT2D eigenvalue weighted by molar-refractivity contribution is 0.202. The molecule has 1 aromatic heterocycles.